The maximum Gasteiger partial charge on any atom is 0.319 e. The highest BCUT2D eigenvalue weighted by Crippen LogP contribution is 2.04. The van der Waals surface area contributed by atoms with E-state index in [1.165, 1.54) is 0 Å². The topological polar surface area (TPSA) is 99.7 Å². The highest BCUT2D eigenvalue weighted by atomic mass is 16.4. The van der Waals surface area contributed by atoms with Crippen LogP contribution in [-0.4, -0.2) is 23.6 Å². The van der Waals surface area contributed by atoms with Crippen LogP contribution in [0.25, 0.3) is 0 Å². The average Bonchev–Trinajstić information content (AvgIpc) is 2.36. The van der Waals surface area contributed by atoms with Crippen LogP contribution in [0.5, 0.6) is 0 Å². The van der Waals surface area contributed by atoms with Crippen LogP contribution in [0.1, 0.15) is 6.92 Å². The Bertz CT molecular complexity index is 392. The van der Waals surface area contributed by atoms with E-state index in [0.29, 0.717) is 12.2 Å². The van der Waals surface area contributed by atoms with E-state index in [0.717, 1.165) is 0 Å². The Morgan fingerprint density at radius 3 is 2.71 bits per heavy atom. The fourth-order valence-electron chi connectivity index (χ4n) is 1.15. The van der Waals surface area contributed by atoms with Gasteiger partial charge < -0.3 is 21.6 Å². The van der Waals surface area contributed by atoms with Crippen LogP contribution >= 0.6 is 0 Å². The van der Waals surface area contributed by atoms with Gasteiger partial charge >= 0.3 is 6.03 Å². The van der Waals surface area contributed by atoms with Crippen molar-refractivity contribution >= 4 is 17.6 Å². The van der Waals surface area contributed by atoms with E-state index in [1.807, 2.05) is 18.2 Å². The van der Waals surface area contributed by atoms with Crippen molar-refractivity contribution in [1.82, 2.24) is 5.32 Å². The monoisotopic (exact) mass is 236 g/mol. The first-order valence-corrected chi connectivity index (χ1v) is 5.20. The lowest BCUT2D eigenvalue weighted by Gasteiger charge is -2.11. The molecule has 92 valence electrons. The first-order valence-electron chi connectivity index (χ1n) is 5.20. The van der Waals surface area contributed by atoms with Crippen LogP contribution in [0, 0.1) is 5.92 Å². The molecule has 0 saturated heterocycles. The molecular weight excluding hydrogens is 220 g/mol. The number of urea groups is 1. The van der Waals surface area contributed by atoms with Crippen LogP contribution in [0.3, 0.4) is 0 Å². The van der Waals surface area contributed by atoms with Gasteiger partial charge in [-0.3, -0.25) is 0 Å². The molecular formula is C11H16N4O2. The van der Waals surface area contributed by atoms with Crippen molar-refractivity contribution < 1.29 is 10.0 Å². The molecule has 5 N–H and O–H groups in total. The number of carbonyl (C=O) groups excluding carboxylic acids is 1. The number of amidine groups is 1. The molecule has 0 heterocycles. The van der Waals surface area contributed by atoms with Gasteiger partial charge in [-0.15, -0.1) is 0 Å². The van der Waals surface area contributed by atoms with Gasteiger partial charge in [0.2, 0.25) is 0 Å². The first-order chi connectivity index (χ1) is 8.13. The molecule has 0 aromatic heterocycles. The Morgan fingerprint density at radius 1 is 1.47 bits per heavy atom. The van der Waals surface area contributed by atoms with E-state index < -0.39 is 0 Å². The molecule has 0 aliphatic carbocycles. The Labute approximate surface area is 99.5 Å². The molecule has 0 bridgehead atoms. The average molecular weight is 236 g/mol. The first kappa shape index (κ1) is 12.8. The van der Waals surface area contributed by atoms with Gasteiger partial charge in [0.1, 0.15) is 5.84 Å². The van der Waals surface area contributed by atoms with Gasteiger partial charge in [0, 0.05) is 18.2 Å². The van der Waals surface area contributed by atoms with Crippen LogP contribution in [-0.2, 0) is 0 Å². The molecule has 6 heteroatoms. The third kappa shape index (κ3) is 4.42. The fraction of sp³-hybridized carbons (Fsp3) is 0.273. The molecule has 1 atom stereocenters. The lowest BCUT2D eigenvalue weighted by molar-refractivity contribution is 0.251. The molecule has 0 spiro atoms. The summed E-state index contributed by atoms with van der Waals surface area (Å²) >= 11 is 0. The number of rotatable bonds is 4. The molecule has 0 radical (unpaired) electrons. The van der Waals surface area contributed by atoms with Crippen LogP contribution in [0.4, 0.5) is 10.5 Å². The number of carbonyl (C=O) groups is 1. The number of nitrogens with zero attached hydrogens (tertiary/aromatic N) is 1. The van der Waals surface area contributed by atoms with E-state index in [-0.39, 0.29) is 17.8 Å². The van der Waals surface area contributed by atoms with Crippen molar-refractivity contribution in [3.8, 4) is 0 Å². The van der Waals surface area contributed by atoms with Crippen molar-refractivity contribution in [2.24, 2.45) is 16.8 Å². The molecule has 1 unspecified atom stereocenters. The third-order valence-electron chi connectivity index (χ3n) is 2.22. The Hall–Kier alpha value is -2.24. The van der Waals surface area contributed by atoms with Crippen LogP contribution in [0.15, 0.2) is 35.5 Å². The lowest BCUT2D eigenvalue weighted by atomic mass is 10.1. The van der Waals surface area contributed by atoms with Crippen LogP contribution in [0.2, 0.25) is 0 Å². The molecule has 0 fully saturated rings. The highest BCUT2D eigenvalue weighted by molar-refractivity contribution is 5.89. The molecule has 6 nitrogen and oxygen atoms in total. The number of hydrogen-bond donors (Lipinski definition) is 4. The van der Waals surface area contributed by atoms with E-state index >= 15 is 0 Å². The minimum Gasteiger partial charge on any atom is -0.409 e. The normalized spacial score (nSPS) is 12.9. The Morgan fingerprint density at radius 2 is 2.12 bits per heavy atom. The molecule has 1 aromatic carbocycles. The maximum atomic E-state index is 11.5. The lowest BCUT2D eigenvalue weighted by Crippen LogP contribution is -2.36. The van der Waals surface area contributed by atoms with E-state index in [9.17, 15) is 4.79 Å². The molecule has 1 aromatic rings. The number of hydrogen-bond acceptors (Lipinski definition) is 3. The second kappa shape index (κ2) is 6.37. The summed E-state index contributed by atoms with van der Waals surface area (Å²) in [5.41, 5.74) is 6.09. The van der Waals surface area contributed by atoms with Gasteiger partial charge in [0.05, 0.1) is 0 Å². The summed E-state index contributed by atoms with van der Waals surface area (Å²) in [6.07, 6.45) is 0. The van der Waals surface area contributed by atoms with Crippen molar-refractivity contribution in [1.29, 1.82) is 0 Å². The zero-order chi connectivity index (χ0) is 12.7. The Balaban J connectivity index is 2.36. The number of nitrogens with one attached hydrogen (secondary N) is 2. The van der Waals surface area contributed by atoms with E-state index in [4.69, 9.17) is 10.9 Å². The maximum absolute atomic E-state index is 11.5. The zero-order valence-corrected chi connectivity index (χ0v) is 9.55. The summed E-state index contributed by atoms with van der Waals surface area (Å²) < 4.78 is 0. The Kier molecular flexibility index (Phi) is 4.80. The number of benzene rings is 1. The predicted octanol–water partition coefficient (Wildman–Crippen LogP) is 1.19. The second-order valence-corrected chi connectivity index (χ2v) is 3.63. The van der Waals surface area contributed by atoms with Gasteiger partial charge in [-0.1, -0.05) is 30.3 Å². The van der Waals surface area contributed by atoms with Crippen molar-refractivity contribution in [2.75, 3.05) is 11.9 Å². The number of nitrogens with two attached hydrogens (primary N) is 1. The smallest absolute Gasteiger partial charge is 0.319 e. The second-order valence-electron chi connectivity index (χ2n) is 3.63. The molecule has 0 aliphatic heterocycles. The largest absolute Gasteiger partial charge is 0.409 e. The van der Waals surface area contributed by atoms with Gasteiger partial charge in [-0.2, -0.15) is 0 Å². The minimum atomic E-state index is -0.325. The summed E-state index contributed by atoms with van der Waals surface area (Å²) in [4.78, 5) is 11.5. The number of amides is 2. The van der Waals surface area contributed by atoms with Gasteiger partial charge in [-0.25, -0.2) is 4.79 Å². The number of oxime groups is 1. The third-order valence-corrected chi connectivity index (χ3v) is 2.22. The summed E-state index contributed by atoms with van der Waals surface area (Å²) in [6, 6.07) is 8.76. The summed E-state index contributed by atoms with van der Waals surface area (Å²) in [6.45, 7) is 2.05. The van der Waals surface area contributed by atoms with Gasteiger partial charge in [0.15, 0.2) is 0 Å². The quantitative estimate of drug-likeness (QED) is 0.273. The molecule has 0 aliphatic rings. The minimum absolute atomic E-state index is 0.0880. The van der Waals surface area contributed by atoms with Gasteiger partial charge in [0.25, 0.3) is 0 Å². The standard InChI is InChI=1S/C11H16N4O2/c1-8(10(12)15-17)7-13-11(16)14-9-5-3-2-4-6-9/h2-6,8,17H,7H2,1H3,(H2,12,15)(H2,13,14,16). The van der Waals surface area contributed by atoms with E-state index in [2.05, 4.69) is 15.8 Å². The highest BCUT2D eigenvalue weighted by Gasteiger charge is 2.09. The molecule has 1 rings (SSSR count). The SMILES string of the molecule is CC(CNC(=O)Nc1ccccc1)C(N)=NO. The molecule has 0 saturated carbocycles. The zero-order valence-electron chi connectivity index (χ0n) is 9.55. The fourth-order valence-corrected chi connectivity index (χ4v) is 1.15. The summed E-state index contributed by atoms with van der Waals surface area (Å²) in [7, 11) is 0. The van der Waals surface area contributed by atoms with Crippen molar-refractivity contribution in [2.45, 2.75) is 6.92 Å². The molecule has 17 heavy (non-hydrogen) atoms. The number of para-hydroxylation sites is 1. The summed E-state index contributed by atoms with van der Waals surface area (Å²) in [5, 5.41) is 16.6. The van der Waals surface area contributed by atoms with Gasteiger partial charge in [-0.05, 0) is 12.1 Å². The predicted molar refractivity (Wildman–Crippen MR) is 66.0 cm³/mol. The van der Waals surface area contributed by atoms with E-state index in [1.54, 1.807) is 19.1 Å². The van der Waals surface area contributed by atoms with Crippen molar-refractivity contribution in [3.05, 3.63) is 30.3 Å². The molecule has 2 amide bonds. The van der Waals surface area contributed by atoms with Crippen LogP contribution < -0.4 is 16.4 Å². The number of anilines is 1. The van der Waals surface area contributed by atoms with Crippen molar-refractivity contribution in [3.63, 3.8) is 0 Å². The summed E-state index contributed by atoms with van der Waals surface area (Å²) in [5.74, 6) is -0.133.